The van der Waals surface area contributed by atoms with Crippen LogP contribution < -0.4 is 9.64 Å². The maximum absolute atomic E-state index is 6.90. The minimum atomic E-state index is 0.613. The Bertz CT molecular complexity index is 2490. The molecule has 0 saturated heterocycles. The first kappa shape index (κ1) is 26.1. The first-order chi connectivity index (χ1) is 22.7. The molecule has 0 atom stereocenters. The zero-order valence-corrected chi connectivity index (χ0v) is 24.8. The lowest BCUT2D eigenvalue weighted by molar-refractivity contribution is 0.488. The minimum absolute atomic E-state index is 0.613. The Morgan fingerprint density at radius 2 is 1.33 bits per heavy atom. The van der Waals surface area contributed by atoms with Gasteiger partial charge in [-0.3, -0.25) is 4.90 Å². The summed E-state index contributed by atoms with van der Waals surface area (Å²) in [6.45, 7) is 0. The fourth-order valence-electron chi connectivity index (χ4n) is 6.30. The lowest BCUT2D eigenvalue weighted by Gasteiger charge is -2.25. The number of nitrogens with zero attached hydrogens (tertiary/aromatic N) is 4. The van der Waals surface area contributed by atoms with Crippen LogP contribution in [0.15, 0.2) is 149 Å². The van der Waals surface area contributed by atoms with Crippen LogP contribution in [0.4, 0.5) is 17.2 Å². The second-order valence-electron chi connectivity index (χ2n) is 11.2. The fourth-order valence-corrected chi connectivity index (χ4v) is 6.30. The Morgan fingerprint density at radius 1 is 0.630 bits per heavy atom. The number of imidazole rings is 1. The Labute approximate surface area is 263 Å². The van der Waals surface area contributed by atoms with Crippen LogP contribution in [0.1, 0.15) is 0 Å². The van der Waals surface area contributed by atoms with Gasteiger partial charge in [-0.2, -0.15) is 0 Å². The van der Waals surface area contributed by atoms with Crippen LogP contribution >= 0.6 is 0 Å². The van der Waals surface area contributed by atoms with E-state index in [-0.39, 0.29) is 0 Å². The molecule has 0 aliphatic carbocycles. The van der Waals surface area contributed by atoms with Gasteiger partial charge in [-0.05, 0) is 48.5 Å². The molecule has 0 amide bonds. The molecule has 0 saturated carbocycles. The van der Waals surface area contributed by atoms with Gasteiger partial charge in [0.15, 0.2) is 0 Å². The van der Waals surface area contributed by atoms with E-state index in [1.807, 2.05) is 109 Å². The van der Waals surface area contributed by atoms with Gasteiger partial charge in [0, 0.05) is 59.8 Å². The number of aryl methyl sites for hydroxylation is 1. The first-order valence-corrected chi connectivity index (χ1v) is 15.0. The van der Waals surface area contributed by atoms with Gasteiger partial charge in [-0.25, -0.2) is 9.97 Å². The number of para-hydroxylation sites is 3. The maximum atomic E-state index is 6.90. The lowest BCUT2D eigenvalue weighted by Crippen LogP contribution is -2.11. The molecule has 5 aromatic carbocycles. The van der Waals surface area contributed by atoms with E-state index >= 15 is 0 Å². The summed E-state index contributed by atoms with van der Waals surface area (Å²) in [6.07, 6.45) is 5.52. The number of pyridine rings is 1. The molecule has 220 valence electrons. The standard InChI is InChI=1S/C39H26N4O3/c1-42-20-19-41-39(42)25-21-33(38-29-14-6-8-16-32(29)45-34(38)22-25)44-27-23-30(37-28-13-5-7-15-31(28)46-35(37)24-27)43(26-11-3-2-4-12-26)36-17-9-10-18-40-36/h2-24H,1H3. The maximum Gasteiger partial charge on any atom is 0.141 e. The fraction of sp³-hybridized carbons (Fsp3) is 0.0256. The SMILES string of the molecule is Cn1ccnc1-c1cc(Oc2cc(N(c3ccccc3)c3ccccn3)c3c(c2)oc2ccccc23)c2c(c1)oc1ccccc12. The number of ether oxygens (including phenoxy) is 1. The summed E-state index contributed by atoms with van der Waals surface area (Å²) in [7, 11) is 1.98. The average Bonchev–Trinajstić information content (AvgIpc) is 3.80. The number of anilines is 3. The van der Waals surface area contributed by atoms with Gasteiger partial charge in [0.05, 0.1) is 16.5 Å². The predicted molar refractivity (Wildman–Crippen MR) is 182 cm³/mol. The summed E-state index contributed by atoms with van der Waals surface area (Å²) in [6, 6.07) is 40.3. The third-order valence-electron chi connectivity index (χ3n) is 8.31. The van der Waals surface area contributed by atoms with Crippen LogP contribution in [0, 0.1) is 0 Å². The predicted octanol–water partition coefficient (Wildman–Crippen LogP) is 10.5. The van der Waals surface area contributed by atoms with Crippen molar-refractivity contribution < 1.29 is 13.6 Å². The second kappa shape index (κ2) is 10.4. The van der Waals surface area contributed by atoms with E-state index in [0.29, 0.717) is 17.1 Å². The average molecular weight is 599 g/mol. The smallest absolute Gasteiger partial charge is 0.141 e. The van der Waals surface area contributed by atoms with Crippen molar-refractivity contribution >= 4 is 61.1 Å². The summed E-state index contributed by atoms with van der Waals surface area (Å²) < 4.78 is 21.7. The summed E-state index contributed by atoms with van der Waals surface area (Å²) >= 11 is 0. The third-order valence-corrected chi connectivity index (χ3v) is 8.31. The van der Waals surface area contributed by atoms with Gasteiger partial charge in [-0.15, -0.1) is 0 Å². The van der Waals surface area contributed by atoms with E-state index in [9.17, 15) is 0 Å². The third kappa shape index (κ3) is 4.21. The van der Waals surface area contributed by atoms with Crippen molar-refractivity contribution in [3.63, 3.8) is 0 Å². The summed E-state index contributed by atoms with van der Waals surface area (Å²) in [4.78, 5) is 11.5. The minimum Gasteiger partial charge on any atom is -0.456 e. The number of benzene rings is 5. The topological polar surface area (TPSA) is 69.5 Å². The van der Waals surface area contributed by atoms with Crippen molar-refractivity contribution in [2.75, 3.05) is 4.90 Å². The molecule has 46 heavy (non-hydrogen) atoms. The van der Waals surface area contributed by atoms with Crippen LogP contribution in [-0.4, -0.2) is 14.5 Å². The molecule has 0 N–H and O–H groups in total. The molecule has 0 aliphatic heterocycles. The van der Waals surface area contributed by atoms with Crippen LogP contribution in [0.3, 0.4) is 0 Å². The van der Waals surface area contributed by atoms with Gasteiger partial charge in [0.25, 0.3) is 0 Å². The number of rotatable bonds is 6. The van der Waals surface area contributed by atoms with Crippen LogP contribution in [0.5, 0.6) is 11.5 Å². The van der Waals surface area contributed by atoms with Crippen molar-refractivity contribution in [1.82, 2.24) is 14.5 Å². The summed E-state index contributed by atoms with van der Waals surface area (Å²) in [5.41, 5.74) is 5.75. The highest BCUT2D eigenvalue weighted by atomic mass is 16.5. The molecule has 9 aromatic rings. The molecular weight excluding hydrogens is 572 g/mol. The van der Waals surface area contributed by atoms with Gasteiger partial charge < -0.3 is 18.1 Å². The van der Waals surface area contributed by atoms with E-state index in [4.69, 9.17) is 18.6 Å². The van der Waals surface area contributed by atoms with Crippen molar-refractivity contribution in [3.05, 3.63) is 140 Å². The van der Waals surface area contributed by atoms with E-state index in [1.54, 1.807) is 12.4 Å². The molecule has 0 spiro atoms. The molecule has 4 aromatic heterocycles. The number of fused-ring (bicyclic) bond motifs is 6. The highest BCUT2D eigenvalue weighted by molar-refractivity contribution is 6.14. The monoisotopic (exact) mass is 598 g/mol. The van der Waals surface area contributed by atoms with E-state index in [1.165, 1.54) is 0 Å². The van der Waals surface area contributed by atoms with E-state index in [0.717, 1.165) is 66.9 Å². The molecule has 0 unspecified atom stereocenters. The Kier molecular flexibility index (Phi) is 5.89. The van der Waals surface area contributed by atoms with E-state index < -0.39 is 0 Å². The molecule has 4 heterocycles. The van der Waals surface area contributed by atoms with Crippen molar-refractivity contribution in [3.8, 4) is 22.9 Å². The lowest BCUT2D eigenvalue weighted by atomic mass is 10.1. The number of hydrogen-bond acceptors (Lipinski definition) is 6. The molecular formula is C39H26N4O3. The summed E-state index contributed by atoms with van der Waals surface area (Å²) in [5, 5.41) is 3.85. The molecule has 0 fully saturated rings. The normalized spacial score (nSPS) is 11.6. The van der Waals surface area contributed by atoms with Crippen molar-refractivity contribution in [1.29, 1.82) is 0 Å². The largest absolute Gasteiger partial charge is 0.456 e. The van der Waals surface area contributed by atoms with Gasteiger partial charge in [0.2, 0.25) is 0 Å². The number of hydrogen-bond donors (Lipinski definition) is 0. The van der Waals surface area contributed by atoms with Crippen LogP contribution in [0.2, 0.25) is 0 Å². The van der Waals surface area contributed by atoms with Crippen molar-refractivity contribution in [2.45, 2.75) is 0 Å². The van der Waals surface area contributed by atoms with E-state index in [2.05, 4.69) is 40.2 Å². The van der Waals surface area contributed by atoms with Crippen LogP contribution in [0.25, 0.3) is 55.3 Å². The number of furan rings is 2. The first-order valence-electron chi connectivity index (χ1n) is 15.0. The zero-order valence-electron chi connectivity index (χ0n) is 24.8. The summed E-state index contributed by atoms with van der Waals surface area (Å²) in [5.74, 6) is 2.86. The molecule has 7 nitrogen and oxygen atoms in total. The Morgan fingerprint density at radius 3 is 2.04 bits per heavy atom. The molecule has 0 radical (unpaired) electrons. The van der Waals surface area contributed by atoms with Crippen LogP contribution in [-0.2, 0) is 7.05 Å². The van der Waals surface area contributed by atoms with Gasteiger partial charge >= 0.3 is 0 Å². The Hall–Kier alpha value is -6.34. The molecule has 0 bridgehead atoms. The highest BCUT2D eigenvalue weighted by Crippen LogP contribution is 2.46. The van der Waals surface area contributed by atoms with Crippen molar-refractivity contribution in [2.24, 2.45) is 7.05 Å². The van der Waals surface area contributed by atoms with Gasteiger partial charge in [-0.1, -0.05) is 60.7 Å². The Balaban J connectivity index is 1.31. The quantitative estimate of drug-likeness (QED) is 0.190. The molecule has 9 rings (SSSR count). The number of aromatic nitrogens is 3. The molecule has 0 aliphatic rings. The second-order valence-corrected chi connectivity index (χ2v) is 11.2. The van der Waals surface area contributed by atoms with Gasteiger partial charge in [0.1, 0.15) is 45.5 Å². The zero-order chi connectivity index (χ0) is 30.6. The highest BCUT2D eigenvalue weighted by Gasteiger charge is 2.23. The molecule has 7 heteroatoms.